The molecule has 27 heavy (non-hydrogen) atoms. The van der Waals surface area contributed by atoms with Crippen molar-refractivity contribution in [2.24, 2.45) is 5.92 Å². The molecule has 0 bridgehead atoms. The molecule has 1 aliphatic rings. The first-order valence-corrected chi connectivity index (χ1v) is 9.93. The van der Waals surface area contributed by atoms with Gasteiger partial charge >= 0.3 is 0 Å². The van der Waals surface area contributed by atoms with Crippen LogP contribution in [0.25, 0.3) is 0 Å². The summed E-state index contributed by atoms with van der Waals surface area (Å²) >= 11 is 0. The van der Waals surface area contributed by atoms with Crippen molar-refractivity contribution in [3.63, 3.8) is 0 Å². The van der Waals surface area contributed by atoms with Gasteiger partial charge in [0.15, 0.2) is 0 Å². The lowest BCUT2D eigenvalue weighted by Gasteiger charge is -2.32. The van der Waals surface area contributed by atoms with Crippen LogP contribution in [-0.2, 0) is 0 Å². The molecule has 1 saturated heterocycles. The Morgan fingerprint density at radius 2 is 1.89 bits per heavy atom. The number of benzene rings is 1. The first-order valence-electron chi connectivity index (χ1n) is 9.93. The molecule has 1 aliphatic heterocycles. The molecular formula is C22H30N4O. The highest BCUT2D eigenvalue weighted by atomic mass is 16.1. The van der Waals surface area contributed by atoms with Crippen LogP contribution < -0.4 is 15.5 Å². The minimum absolute atomic E-state index is 0.0878. The third kappa shape index (κ3) is 5.22. The second kappa shape index (κ2) is 8.89. The molecule has 1 fully saturated rings. The first kappa shape index (κ1) is 19.2. The smallest absolute Gasteiger partial charge is 0.253 e. The van der Waals surface area contributed by atoms with Gasteiger partial charge in [0.2, 0.25) is 0 Å². The zero-order valence-electron chi connectivity index (χ0n) is 16.5. The van der Waals surface area contributed by atoms with Crippen LogP contribution in [0.2, 0.25) is 0 Å². The fourth-order valence-corrected chi connectivity index (χ4v) is 3.23. The van der Waals surface area contributed by atoms with E-state index in [0.29, 0.717) is 5.56 Å². The second-order valence-corrected chi connectivity index (χ2v) is 7.59. The van der Waals surface area contributed by atoms with Crippen molar-refractivity contribution in [2.45, 2.75) is 46.1 Å². The first-order chi connectivity index (χ1) is 13.0. The maximum absolute atomic E-state index is 12.3. The minimum Gasteiger partial charge on any atom is -0.372 e. The predicted octanol–water partition coefficient (Wildman–Crippen LogP) is 4.59. The van der Waals surface area contributed by atoms with E-state index in [1.807, 2.05) is 13.0 Å². The maximum atomic E-state index is 12.3. The Labute approximate surface area is 162 Å². The molecule has 144 valence electrons. The molecule has 3 rings (SSSR count). The van der Waals surface area contributed by atoms with E-state index in [1.165, 1.54) is 18.5 Å². The van der Waals surface area contributed by atoms with E-state index in [1.54, 1.807) is 12.4 Å². The Hall–Kier alpha value is -2.56. The van der Waals surface area contributed by atoms with Gasteiger partial charge in [-0.05, 0) is 62.4 Å². The van der Waals surface area contributed by atoms with Gasteiger partial charge in [-0.25, -0.2) is 0 Å². The molecular weight excluding hydrogens is 336 g/mol. The van der Waals surface area contributed by atoms with Gasteiger partial charge in [-0.15, -0.1) is 0 Å². The van der Waals surface area contributed by atoms with Crippen molar-refractivity contribution in [1.29, 1.82) is 0 Å². The van der Waals surface area contributed by atoms with Gasteiger partial charge in [-0.2, -0.15) is 0 Å². The number of nitrogens with one attached hydrogen (secondary N) is 2. The predicted molar refractivity (Wildman–Crippen MR) is 112 cm³/mol. The number of anilines is 3. The number of piperidine rings is 1. The van der Waals surface area contributed by atoms with Gasteiger partial charge in [0.25, 0.3) is 5.91 Å². The zero-order chi connectivity index (χ0) is 19.2. The fraction of sp³-hybridized carbons (Fsp3) is 0.455. The standard InChI is InChI=1S/C22H30N4O/c1-4-17(3)24-22(27)18-13-20(15-23-14-18)25-19-5-7-21(8-6-19)26-11-9-16(2)10-12-26/h5-8,13-17,25H,4,9-12H2,1-3H3,(H,24,27). The monoisotopic (exact) mass is 366 g/mol. The molecule has 1 aromatic heterocycles. The summed E-state index contributed by atoms with van der Waals surface area (Å²) in [6.45, 7) is 8.64. The van der Waals surface area contributed by atoms with Crippen LogP contribution in [0, 0.1) is 5.92 Å². The molecule has 1 aromatic carbocycles. The fourth-order valence-electron chi connectivity index (χ4n) is 3.23. The van der Waals surface area contributed by atoms with Crippen LogP contribution in [0.1, 0.15) is 50.4 Å². The maximum Gasteiger partial charge on any atom is 0.253 e. The number of hydrogen-bond acceptors (Lipinski definition) is 4. The summed E-state index contributed by atoms with van der Waals surface area (Å²) in [5.41, 5.74) is 3.64. The van der Waals surface area contributed by atoms with Crippen molar-refractivity contribution >= 4 is 23.0 Å². The SMILES string of the molecule is CCC(C)NC(=O)c1cncc(Nc2ccc(N3CCC(C)CC3)cc2)c1. The molecule has 0 spiro atoms. The molecule has 1 amide bonds. The summed E-state index contributed by atoms with van der Waals surface area (Å²) in [6, 6.07) is 10.5. The minimum atomic E-state index is -0.0878. The summed E-state index contributed by atoms with van der Waals surface area (Å²) in [6.07, 6.45) is 6.76. The van der Waals surface area contributed by atoms with E-state index in [2.05, 4.69) is 58.6 Å². The van der Waals surface area contributed by atoms with Gasteiger partial charge in [0.05, 0.1) is 17.4 Å². The average molecular weight is 367 g/mol. The van der Waals surface area contributed by atoms with E-state index in [4.69, 9.17) is 0 Å². The van der Waals surface area contributed by atoms with Crippen LogP contribution in [-0.4, -0.2) is 30.0 Å². The van der Waals surface area contributed by atoms with Crippen molar-refractivity contribution < 1.29 is 4.79 Å². The van der Waals surface area contributed by atoms with E-state index in [0.717, 1.165) is 36.8 Å². The van der Waals surface area contributed by atoms with E-state index < -0.39 is 0 Å². The van der Waals surface area contributed by atoms with Gasteiger partial charge < -0.3 is 15.5 Å². The summed E-state index contributed by atoms with van der Waals surface area (Å²) in [5.74, 6) is 0.745. The number of pyridine rings is 1. The van der Waals surface area contributed by atoms with Crippen LogP contribution in [0.4, 0.5) is 17.1 Å². The van der Waals surface area contributed by atoms with Crippen LogP contribution >= 0.6 is 0 Å². The molecule has 0 saturated carbocycles. The van der Waals surface area contributed by atoms with Gasteiger partial charge in [-0.3, -0.25) is 9.78 Å². The Kier molecular flexibility index (Phi) is 6.32. The van der Waals surface area contributed by atoms with E-state index in [9.17, 15) is 4.79 Å². The Bertz CT molecular complexity index is 751. The Morgan fingerprint density at radius 1 is 1.19 bits per heavy atom. The molecule has 5 heteroatoms. The number of hydrogen-bond donors (Lipinski definition) is 2. The third-order valence-electron chi connectivity index (χ3n) is 5.30. The molecule has 0 radical (unpaired) electrons. The lowest BCUT2D eigenvalue weighted by Crippen LogP contribution is -2.32. The van der Waals surface area contributed by atoms with E-state index in [-0.39, 0.29) is 11.9 Å². The van der Waals surface area contributed by atoms with Crippen molar-refractivity contribution in [2.75, 3.05) is 23.3 Å². The highest BCUT2D eigenvalue weighted by Crippen LogP contribution is 2.25. The summed E-state index contributed by atoms with van der Waals surface area (Å²) in [4.78, 5) is 18.9. The van der Waals surface area contributed by atoms with Crippen LogP contribution in [0.15, 0.2) is 42.7 Å². The number of carbonyl (C=O) groups is 1. The molecule has 1 unspecified atom stereocenters. The summed E-state index contributed by atoms with van der Waals surface area (Å²) in [5, 5.41) is 6.31. The molecule has 2 N–H and O–H groups in total. The number of aromatic nitrogens is 1. The lowest BCUT2D eigenvalue weighted by atomic mass is 9.99. The van der Waals surface area contributed by atoms with Crippen LogP contribution in [0.3, 0.4) is 0 Å². The second-order valence-electron chi connectivity index (χ2n) is 7.59. The molecule has 2 aromatic rings. The van der Waals surface area contributed by atoms with Gasteiger partial charge in [0, 0.05) is 36.7 Å². The van der Waals surface area contributed by atoms with Gasteiger partial charge in [0.1, 0.15) is 0 Å². The van der Waals surface area contributed by atoms with Crippen molar-refractivity contribution in [3.05, 3.63) is 48.3 Å². The topological polar surface area (TPSA) is 57.3 Å². The van der Waals surface area contributed by atoms with Crippen molar-refractivity contribution in [3.8, 4) is 0 Å². The quantitative estimate of drug-likeness (QED) is 0.785. The normalized spacial score (nSPS) is 16.0. The van der Waals surface area contributed by atoms with E-state index >= 15 is 0 Å². The molecule has 0 aliphatic carbocycles. The van der Waals surface area contributed by atoms with Crippen LogP contribution in [0.5, 0.6) is 0 Å². The molecule has 1 atom stereocenters. The number of rotatable bonds is 6. The van der Waals surface area contributed by atoms with Gasteiger partial charge in [-0.1, -0.05) is 13.8 Å². The molecule has 5 nitrogen and oxygen atoms in total. The summed E-state index contributed by atoms with van der Waals surface area (Å²) in [7, 11) is 0. The average Bonchev–Trinajstić information content (AvgIpc) is 2.69. The largest absolute Gasteiger partial charge is 0.372 e. The summed E-state index contributed by atoms with van der Waals surface area (Å²) < 4.78 is 0. The van der Waals surface area contributed by atoms with Crippen molar-refractivity contribution in [1.82, 2.24) is 10.3 Å². The highest BCUT2D eigenvalue weighted by molar-refractivity contribution is 5.95. The third-order valence-corrected chi connectivity index (χ3v) is 5.30. The number of amides is 1. The molecule has 2 heterocycles. The number of nitrogens with zero attached hydrogens (tertiary/aromatic N) is 2. The number of carbonyl (C=O) groups excluding carboxylic acids is 1. The Morgan fingerprint density at radius 3 is 2.56 bits per heavy atom. The lowest BCUT2D eigenvalue weighted by molar-refractivity contribution is 0.0939. The highest BCUT2D eigenvalue weighted by Gasteiger charge is 2.16. The Balaban J connectivity index is 1.63. The zero-order valence-corrected chi connectivity index (χ0v) is 16.5.